The van der Waals surface area contributed by atoms with E-state index in [4.69, 9.17) is 9.26 Å². The molecule has 1 aromatic carbocycles. The van der Waals surface area contributed by atoms with Crippen molar-refractivity contribution in [3.8, 4) is 0 Å². The predicted octanol–water partition coefficient (Wildman–Crippen LogP) is 2.34. The first-order chi connectivity index (χ1) is 13.0. The molecule has 0 radical (unpaired) electrons. The van der Waals surface area contributed by atoms with Crippen LogP contribution in [0.25, 0.3) is 0 Å². The third-order valence-corrected chi connectivity index (χ3v) is 4.61. The third kappa shape index (κ3) is 5.27. The molecule has 8 heteroatoms. The second-order valence-electron chi connectivity index (χ2n) is 6.69. The number of urea groups is 1. The van der Waals surface area contributed by atoms with Crippen LogP contribution in [-0.2, 0) is 11.3 Å². The van der Waals surface area contributed by atoms with Crippen LogP contribution >= 0.6 is 0 Å². The van der Waals surface area contributed by atoms with Crippen LogP contribution in [0.15, 0.2) is 34.9 Å². The normalized spacial score (nSPS) is 16.1. The number of rotatable bonds is 6. The van der Waals surface area contributed by atoms with Crippen LogP contribution < -0.4 is 5.32 Å². The molecule has 0 spiro atoms. The Balaban J connectivity index is 1.62. The lowest BCUT2D eigenvalue weighted by atomic mass is 10.0. The first kappa shape index (κ1) is 19.3. The van der Waals surface area contributed by atoms with Crippen LogP contribution in [0.5, 0.6) is 0 Å². The molecular weight excluding hydrogens is 351 g/mol. The summed E-state index contributed by atoms with van der Waals surface area (Å²) in [6.07, 6.45) is 0. The molecular formula is C19H25FN4O3. The molecule has 7 nitrogen and oxygen atoms in total. The average molecular weight is 376 g/mol. The predicted molar refractivity (Wildman–Crippen MR) is 97.6 cm³/mol. The lowest BCUT2D eigenvalue weighted by Crippen LogP contribution is -2.46. The van der Waals surface area contributed by atoms with Gasteiger partial charge in [-0.2, -0.15) is 0 Å². The Hall–Kier alpha value is -2.45. The number of hydrogen-bond donors (Lipinski definition) is 1. The first-order valence-electron chi connectivity index (χ1n) is 9.01. The van der Waals surface area contributed by atoms with Crippen LogP contribution in [-0.4, -0.2) is 60.9 Å². The van der Waals surface area contributed by atoms with E-state index in [-0.39, 0.29) is 17.9 Å². The number of aromatic nitrogens is 1. The van der Waals surface area contributed by atoms with Crippen molar-refractivity contribution in [2.75, 3.05) is 39.9 Å². The number of benzene rings is 1. The second kappa shape index (κ2) is 8.96. The smallest absolute Gasteiger partial charge is 0.317 e. The van der Waals surface area contributed by atoms with E-state index in [0.717, 1.165) is 18.7 Å². The van der Waals surface area contributed by atoms with Gasteiger partial charge in [-0.3, -0.25) is 4.90 Å². The summed E-state index contributed by atoms with van der Waals surface area (Å²) in [7, 11) is 1.71. The van der Waals surface area contributed by atoms with E-state index in [1.807, 2.05) is 6.92 Å². The minimum absolute atomic E-state index is 0.0406. The summed E-state index contributed by atoms with van der Waals surface area (Å²) in [5.74, 6) is 0.439. The van der Waals surface area contributed by atoms with Gasteiger partial charge in [0.1, 0.15) is 17.3 Å². The summed E-state index contributed by atoms with van der Waals surface area (Å²) in [6.45, 7) is 5.44. The van der Waals surface area contributed by atoms with Gasteiger partial charge in [0.05, 0.1) is 25.8 Å². The van der Waals surface area contributed by atoms with Crippen LogP contribution in [0.1, 0.15) is 23.1 Å². The maximum Gasteiger partial charge on any atom is 0.317 e. The summed E-state index contributed by atoms with van der Waals surface area (Å²) < 4.78 is 23.8. The van der Waals surface area contributed by atoms with Crippen molar-refractivity contribution < 1.29 is 18.4 Å². The number of ether oxygens (including phenoxy) is 1. The Bertz CT molecular complexity index is 744. The SMILES string of the molecule is Cc1cc(CN(C)C(=O)NCC(c2ccc(F)cc2)N2CCOCC2)no1. The first-order valence-corrected chi connectivity index (χ1v) is 9.01. The lowest BCUT2D eigenvalue weighted by molar-refractivity contribution is 0.0165. The second-order valence-corrected chi connectivity index (χ2v) is 6.69. The van der Waals surface area contributed by atoms with Gasteiger partial charge in [0.25, 0.3) is 0 Å². The molecule has 1 N–H and O–H groups in total. The fraction of sp³-hybridized carbons (Fsp3) is 0.474. The number of nitrogens with zero attached hydrogens (tertiary/aromatic N) is 3. The molecule has 1 atom stereocenters. The van der Waals surface area contributed by atoms with E-state index < -0.39 is 0 Å². The number of hydrogen-bond acceptors (Lipinski definition) is 5. The van der Waals surface area contributed by atoms with Crippen molar-refractivity contribution in [1.29, 1.82) is 0 Å². The zero-order valence-electron chi connectivity index (χ0n) is 15.7. The summed E-state index contributed by atoms with van der Waals surface area (Å²) in [6, 6.07) is 8.00. The van der Waals surface area contributed by atoms with Crippen LogP contribution in [0.3, 0.4) is 0 Å². The number of amides is 2. The Morgan fingerprint density at radius 2 is 2.04 bits per heavy atom. The molecule has 1 saturated heterocycles. The van der Waals surface area contributed by atoms with E-state index >= 15 is 0 Å². The van der Waals surface area contributed by atoms with Gasteiger partial charge in [-0.15, -0.1) is 0 Å². The molecule has 2 heterocycles. The topological polar surface area (TPSA) is 70.8 Å². The molecule has 1 fully saturated rings. The Labute approximate surface area is 158 Å². The van der Waals surface area contributed by atoms with Gasteiger partial charge in [0.15, 0.2) is 0 Å². The van der Waals surface area contributed by atoms with Gasteiger partial charge in [0, 0.05) is 32.7 Å². The molecule has 0 aliphatic carbocycles. The standard InChI is InChI=1S/C19H25FN4O3/c1-14-11-17(22-27-14)13-23(2)19(25)21-12-18(24-7-9-26-10-8-24)15-3-5-16(20)6-4-15/h3-6,11,18H,7-10,12-13H2,1-2H3,(H,21,25). The van der Waals surface area contributed by atoms with Crippen LogP contribution in [0.2, 0.25) is 0 Å². The van der Waals surface area contributed by atoms with Crippen molar-refractivity contribution in [3.05, 3.63) is 53.2 Å². The molecule has 1 unspecified atom stereocenters. The van der Waals surface area contributed by atoms with Gasteiger partial charge >= 0.3 is 6.03 Å². The Morgan fingerprint density at radius 1 is 1.33 bits per heavy atom. The summed E-state index contributed by atoms with van der Waals surface area (Å²) in [4.78, 5) is 16.3. The van der Waals surface area contributed by atoms with Crippen molar-refractivity contribution >= 4 is 6.03 Å². The largest absolute Gasteiger partial charge is 0.379 e. The Morgan fingerprint density at radius 3 is 2.67 bits per heavy atom. The molecule has 0 saturated carbocycles. The molecule has 146 valence electrons. The molecule has 2 amide bonds. The highest BCUT2D eigenvalue weighted by Crippen LogP contribution is 2.21. The van der Waals surface area contributed by atoms with Gasteiger partial charge in [-0.1, -0.05) is 17.3 Å². The van der Waals surface area contributed by atoms with Crippen molar-refractivity contribution in [2.24, 2.45) is 0 Å². The van der Waals surface area contributed by atoms with Crippen LogP contribution in [0.4, 0.5) is 9.18 Å². The summed E-state index contributed by atoms with van der Waals surface area (Å²) in [5, 5.41) is 6.88. The number of nitrogens with one attached hydrogen (secondary N) is 1. The van der Waals surface area contributed by atoms with Crippen molar-refractivity contribution in [1.82, 2.24) is 20.3 Å². The van der Waals surface area contributed by atoms with Crippen molar-refractivity contribution in [3.63, 3.8) is 0 Å². The maximum absolute atomic E-state index is 13.3. The van der Waals surface area contributed by atoms with Gasteiger partial charge in [0.2, 0.25) is 0 Å². The van der Waals surface area contributed by atoms with E-state index in [2.05, 4.69) is 15.4 Å². The molecule has 1 aliphatic rings. The molecule has 0 bridgehead atoms. The highest BCUT2D eigenvalue weighted by Gasteiger charge is 2.24. The fourth-order valence-electron chi connectivity index (χ4n) is 3.16. The number of halogens is 1. The molecule has 2 aromatic rings. The number of carbonyl (C=O) groups is 1. The quantitative estimate of drug-likeness (QED) is 0.838. The van der Waals surface area contributed by atoms with Gasteiger partial charge < -0.3 is 19.5 Å². The van der Waals surface area contributed by atoms with Gasteiger partial charge in [-0.25, -0.2) is 9.18 Å². The lowest BCUT2D eigenvalue weighted by Gasteiger charge is -2.35. The van der Waals surface area contributed by atoms with E-state index in [1.165, 1.54) is 12.1 Å². The minimum Gasteiger partial charge on any atom is -0.379 e. The molecule has 1 aromatic heterocycles. The molecule has 27 heavy (non-hydrogen) atoms. The highest BCUT2D eigenvalue weighted by atomic mass is 19.1. The van der Waals surface area contributed by atoms with Crippen molar-refractivity contribution in [2.45, 2.75) is 19.5 Å². The summed E-state index contributed by atoms with van der Waals surface area (Å²) in [5.41, 5.74) is 1.67. The zero-order valence-corrected chi connectivity index (χ0v) is 15.7. The maximum atomic E-state index is 13.3. The zero-order chi connectivity index (χ0) is 19.2. The van der Waals surface area contributed by atoms with E-state index in [9.17, 15) is 9.18 Å². The monoisotopic (exact) mass is 376 g/mol. The van der Waals surface area contributed by atoms with E-state index in [0.29, 0.717) is 37.8 Å². The number of morpholine rings is 1. The fourth-order valence-corrected chi connectivity index (χ4v) is 3.16. The average Bonchev–Trinajstić information content (AvgIpc) is 3.08. The van der Waals surface area contributed by atoms with Gasteiger partial charge in [-0.05, 0) is 24.6 Å². The Kier molecular flexibility index (Phi) is 6.41. The summed E-state index contributed by atoms with van der Waals surface area (Å²) >= 11 is 0. The highest BCUT2D eigenvalue weighted by molar-refractivity contribution is 5.73. The third-order valence-electron chi connectivity index (χ3n) is 4.61. The molecule has 1 aliphatic heterocycles. The van der Waals surface area contributed by atoms with Crippen LogP contribution in [0, 0.1) is 12.7 Å². The number of aryl methyl sites for hydroxylation is 1. The minimum atomic E-state index is -0.272. The van der Waals surface area contributed by atoms with E-state index in [1.54, 1.807) is 30.1 Å². The number of carbonyl (C=O) groups excluding carboxylic acids is 1. The molecule has 3 rings (SSSR count).